The zero-order valence-electron chi connectivity index (χ0n) is 15.3. The monoisotopic (exact) mass is 403 g/mol. The summed E-state index contributed by atoms with van der Waals surface area (Å²) in [6, 6.07) is 4.79. The van der Waals surface area contributed by atoms with Crippen LogP contribution in [0.3, 0.4) is 0 Å². The first-order chi connectivity index (χ1) is 13.6. The molecule has 4 atom stereocenters. The van der Waals surface area contributed by atoms with Crippen molar-refractivity contribution in [1.82, 2.24) is 10.2 Å². The average Bonchev–Trinajstić information content (AvgIpc) is 3.05. The number of hydrogen-bond acceptors (Lipinski definition) is 7. The Hall–Kier alpha value is -1.93. The van der Waals surface area contributed by atoms with Crippen LogP contribution in [0.1, 0.15) is 36.5 Å². The van der Waals surface area contributed by atoms with Crippen molar-refractivity contribution in [1.29, 1.82) is 0 Å². The molecule has 8 heteroatoms. The SMILES string of the molecule is Oc1cc(Cl)ccc1-c1nnc(N[C@@H]2COCC[C@H]2O)c2c1C[C@H]1CC[C@@H]2O1. The molecule has 2 bridgehead atoms. The number of aromatic nitrogens is 2. The van der Waals surface area contributed by atoms with Gasteiger partial charge in [0.15, 0.2) is 5.82 Å². The number of nitrogens with one attached hydrogen (secondary N) is 1. The Morgan fingerprint density at radius 3 is 2.89 bits per heavy atom. The van der Waals surface area contributed by atoms with Crippen LogP contribution in [-0.4, -0.2) is 51.9 Å². The van der Waals surface area contributed by atoms with Crippen molar-refractivity contribution in [2.75, 3.05) is 18.5 Å². The van der Waals surface area contributed by atoms with Crippen LogP contribution in [0.25, 0.3) is 11.3 Å². The quantitative estimate of drug-likeness (QED) is 0.725. The number of phenols is 1. The van der Waals surface area contributed by atoms with Crippen LogP contribution >= 0.6 is 11.6 Å². The minimum Gasteiger partial charge on any atom is -0.507 e. The lowest BCUT2D eigenvalue weighted by atomic mass is 9.93. The molecular weight excluding hydrogens is 382 g/mol. The van der Waals surface area contributed by atoms with Gasteiger partial charge in [-0.3, -0.25) is 0 Å². The number of nitrogens with zero attached hydrogens (tertiary/aromatic N) is 2. The lowest BCUT2D eigenvalue weighted by Crippen LogP contribution is -2.43. The van der Waals surface area contributed by atoms with Crippen LogP contribution in [0.5, 0.6) is 5.75 Å². The van der Waals surface area contributed by atoms with Crippen LogP contribution < -0.4 is 5.32 Å². The van der Waals surface area contributed by atoms with Crippen molar-refractivity contribution in [2.45, 2.75) is 50.0 Å². The second-order valence-electron chi connectivity index (χ2n) is 7.66. The Labute approximate surface area is 167 Å². The number of hydrogen-bond donors (Lipinski definition) is 3. The van der Waals surface area contributed by atoms with Crippen molar-refractivity contribution >= 4 is 17.4 Å². The normalized spacial score (nSPS) is 28.8. The maximum Gasteiger partial charge on any atom is 0.155 e. The molecule has 4 heterocycles. The third kappa shape index (κ3) is 3.12. The van der Waals surface area contributed by atoms with E-state index in [4.69, 9.17) is 21.1 Å². The summed E-state index contributed by atoms with van der Waals surface area (Å²) in [6.45, 7) is 0.983. The molecule has 0 unspecified atom stereocenters. The number of benzene rings is 1. The van der Waals surface area contributed by atoms with Crippen molar-refractivity contribution in [3.05, 3.63) is 34.3 Å². The number of aliphatic hydroxyl groups excluding tert-OH is 1. The lowest BCUT2D eigenvalue weighted by molar-refractivity contribution is 0.00257. The number of halogens is 1. The van der Waals surface area contributed by atoms with Gasteiger partial charge in [0.2, 0.25) is 0 Å². The van der Waals surface area contributed by atoms with Crippen molar-refractivity contribution in [3.63, 3.8) is 0 Å². The fourth-order valence-electron chi connectivity index (χ4n) is 4.40. The molecule has 0 saturated carbocycles. The van der Waals surface area contributed by atoms with E-state index in [0.717, 1.165) is 30.4 Å². The van der Waals surface area contributed by atoms with E-state index in [1.54, 1.807) is 12.1 Å². The first-order valence-electron chi connectivity index (χ1n) is 9.66. The Balaban J connectivity index is 1.59. The van der Waals surface area contributed by atoms with Gasteiger partial charge >= 0.3 is 0 Å². The van der Waals surface area contributed by atoms with Gasteiger partial charge in [-0.25, -0.2) is 0 Å². The maximum atomic E-state index is 10.4. The molecule has 3 aliphatic heterocycles. The van der Waals surface area contributed by atoms with Crippen molar-refractivity contribution < 1.29 is 19.7 Å². The van der Waals surface area contributed by atoms with E-state index in [0.29, 0.717) is 41.7 Å². The summed E-state index contributed by atoms with van der Waals surface area (Å²) < 4.78 is 11.6. The van der Waals surface area contributed by atoms with Gasteiger partial charge in [0.05, 0.1) is 31.0 Å². The summed E-state index contributed by atoms with van der Waals surface area (Å²) in [4.78, 5) is 0. The largest absolute Gasteiger partial charge is 0.507 e. The average molecular weight is 404 g/mol. The van der Waals surface area contributed by atoms with Gasteiger partial charge in [-0.15, -0.1) is 10.2 Å². The second kappa shape index (κ2) is 7.15. The number of rotatable bonds is 3. The first kappa shape index (κ1) is 18.1. The van der Waals surface area contributed by atoms with E-state index < -0.39 is 6.10 Å². The smallest absolute Gasteiger partial charge is 0.155 e. The summed E-state index contributed by atoms with van der Waals surface area (Å²) in [6.07, 6.45) is 2.83. The highest BCUT2D eigenvalue weighted by Gasteiger charge is 2.39. The van der Waals surface area contributed by atoms with Crippen LogP contribution in [0.15, 0.2) is 18.2 Å². The molecule has 1 aromatic carbocycles. The Bertz CT molecular complexity index is 909. The molecule has 7 nitrogen and oxygen atoms in total. The summed E-state index contributed by atoms with van der Waals surface area (Å²) >= 11 is 5.99. The van der Waals surface area contributed by atoms with Gasteiger partial charge in [0.25, 0.3) is 0 Å². The molecule has 148 valence electrons. The molecule has 5 rings (SSSR count). The molecule has 0 amide bonds. The minimum atomic E-state index is -0.493. The Kier molecular flexibility index (Phi) is 4.63. The molecule has 2 saturated heterocycles. The molecule has 0 radical (unpaired) electrons. The number of aromatic hydroxyl groups is 1. The molecule has 2 fully saturated rings. The molecule has 2 aromatic rings. The summed E-state index contributed by atoms with van der Waals surface area (Å²) in [5, 5.41) is 33.4. The van der Waals surface area contributed by atoms with E-state index in [-0.39, 0.29) is 24.0 Å². The van der Waals surface area contributed by atoms with Crippen LogP contribution in [0, 0.1) is 0 Å². The molecule has 28 heavy (non-hydrogen) atoms. The molecule has 3 N–H and O–H groups in total. The fraction of sp³-hybridized carbons (Fsp3) is 0.500. The summed E-state index contributed by atoms with van der Waals surface area (Å²) in [5.74, 6) is 0.715. The van der Waals surface area contributed by atoms with E-state index in [1.165, 1.54) is 6.07 Å². The maximum absolute atomic E-state index is 10.4. The third-order valence-electron chi connectivity index (χ3n) is 5.83. The predicted octanol–water partition coefficient (Wildman–Crippen LogP) is 2.84. The highest BCUT2D eigenvalue weighted by atomic mass is 35.5. The number of aliphatic hydroxyl groups is 1. The van der Waals surface area contributed by atoms with Gasteiger partial charge in [-0.2, -0.15) is 0 Å². The topological polar surface area (TPSA) is 96.7 Å². The number of fused-ring (bicyclic) bond motifs is 4. The lowest BCUT2D eigenvalue weighted by Gasteiger charge is -2.32. The van der Waals surface area contributed by atoms with Gasteiger partial charge in [0, 0.05) is 29.2 Å². The van der Waals surface area contributed by atoms with Gasteiger partial charge in [-0.05, 0) is 43.0 Å². The molecule has 3 aliphatic rings. The van der Waals surface area contributed by atoms with E-state index >= 15 is 0 Å². The van der Waals surface area contributed by atoms with Gasteiger partial charge < -0.3 is 25.0 Å². The Morgan fingerprint density at radius 1 is 1.18 bits per heavy atom. The van der Waals surface area contributed by atoms with E-state index in [1.807, 2.05) is 0 Å². The molecular formula is C20H22ClN3O4. The van der Waals surface area contributed by atoms with Crippen LogP contribution in [0.2, 0.25) is 5.02 Å². The third-order valence-corrected chi connectivity index (χ3v) is 6.07. The summed E-state index contributed by atoms with van der Waals surface area (Å²) in [5.41, 5.74) is 3.29. The highest BCUT2D eigenvalue weighted by molar-refractivity contribution is 6.30. The number of ether oxygens (including phenoxy) is 2. The zero-order chi connectivity index (χ0) is 19.3. The summed E-state index contributed by atoms with van der Waals surface area (Å²) in [7, 11) is 0. The molecule has 0 aliphatic carbocycles. The Morgan fingerprint density at radius 2 is 2.07 bits per heavy atom. The van der Waals surface area contributed by atoms with Gasteiger partial charge in [-0.1, -0.05) is 11.6 Å². The fourth-order valence-corrected chi connectivity index (χ4v) is 4.57. The van der Waals surface area contributed by atoms with E-state index in [9.17, 15) is 10.2 Å². The molecule has 1 aromatic heterocycles. The number of anilines is 1. The molecule has 0 spiro atoms. The minimum absolute atomic E-state index is 0.0541. The first-order valence-corrected chi connectivity index (χ1v) is 10.0. The van der Waals surface area contributed by atoms with Crippen molar-refractivity contribution in [2.24, 2.45) is 0 Å². The highest BCUT2D eigenvalue weighted by Crippen LogP contribution is 2.47. The zero-order valence-corrected chi connectivity index (χ0v) is 16.0. The van der Waals surface area contributed by atoms with Crippen LogP contribution in [-0.2, 0) is 15.9 Å². The van der Waals surface area contributed by atoms with Crippen LogP contribution in [0.4, 0.5) is 5.82 Å². The van der Waals surface area contributed by atoms with Gasteiger partial charge in [0.1, 0.15) is 11.4 Å². The standard InChI is InChI=1S/C20H22ClN3O4/c21-10-1-3-12(16(26)7-10)19-13-8-11-2-4-17(28-11)18(13)20(24-23-19)22-14-9-27-6-5-15(14)25/h1,3,7,11,14-15,17,25-26H,2,4-6,8-9H2,(H,22,24)/t11-,14-,15-,17+/m1/s1. The van der Waals surface area contributed by atoms with E-state index in [2.05, 4.69) is 15.5 Å². The predicted molar refractivity (Wildman–Crippen MR) is 104 cm³/mol. The second-order valence-corrected chi connectivity index (χ2v) is 8.10. The number of phenolic OH excluding ortho intramolecular Hbond substituents is 1. The van der Waals surface area contributed by atoms with Crippen molar-refractivity contribution in [3.8, 4) is 17.0 Å².